The number of morpholine rings is 1. The number of aromatic nitrogens is 3. The third-order valence-electron chi connectivity index (χ3n) is 9.67. The molecule has 0 saturated carbocycles. The highest BCUT2D eigenvalue weighted by Crippen LogP contribution is 2.34. The lowest BCUT2D eigenvalue weighted by Crippen LogP contribution is -2.40. The van der Waals surface area contributed by atoms with Crippen molar-refractivity contribution in [3.05, 3.63) is 66.5 Å². The van der Waals surface area contributed by atoms with Gasteiger partial charge in [0.25, 0.3) is 0 Å². The smallest absolute Gasteiger partial charge is 0.407 e. The number of fused-ring (bicyclic) bond motifs is 1. The number of alkyl carbamates (subject to hydrolysis) is 1. The van der Waals surface area contributed by atoms with Crippen molar-refractivity contribution in [2.24, 2.45) is 0 Å². The molecule has 0 unspecified atom stereocenters. The largest absolute Gasteiger partial charge is 0.444 e. The van der Waals surface area contributed by atoms with Crippen LogP contribution >= 0.6 is 0 Å². The summed E-state index contributed by atoms with van der Waals surface area (Å²) >= 11 is 0. The Hall–Kier alpha value is -4.18. The van der Waals surface area contributed by atoms with Crippen LogP contribution in [0.5, 0.6) is 0 Å². The first kappa shape index (κ1) is 39.5. The molecule has 4 heterocycles. The van der Waals surface area contributed by atoms with Crippen LogP contribution in [0.4, 0.5) is 22.0 Å². The number of hydrogen-bond acceptors (Lipinski definition) is 10. The zero-order chi connectivity index (χ0) is 38.7. The van der Waals surface area contributed by atoms with Gasteiger partial charge in [-0.3, -0.25) is 4.31 Å². The molecule has 2 aliphatic heterocycles. The van der Waals surface area contributed by atoms with Crippen LogP contribution in [0.3, 0.4) is 0 Å². The zero-order valence-corrected chi connectivity index (χ0v) is 34.5. The number of ether oxygens (including phenoxy) is 3. The molecule has 6 rings (SSSR count). The molecule has 15 heteroatoms. The number of rotatable bonds is 13. The molecule has 2 saturated heterocycles. The molecule has 0 bridgehead atoms. The molecule has 1 N–H and O–H groups in total. The van der Waals surface area contributed by atoms with E-state index < -0.39 is 29.8 Å². The molecule has 13 nitrogen and oxygen atoms in total. The number of carbonyl (C=O) groups is 1. The number of nitrogens with one attached hydrogen (secondary N) is 1. The van der Waals surface area contributed by atoms with Gasteiger partial charge in [-0.25, -0.2) is 23.2 Å². The predicted octanol–water partition coefficient (Wildman–Crippen LogP) is 6.32. The van der Waals surface area contributed by atoms with Crippen LogP contribution in [-0.4, -0.2) is 102 Å². The first-order valence-corrected chi connectivity index (χ1v) is 24.0. The molecule has 2 aliphatic rings. The van der Waals surface area contributed by atoms with Gasteiger partial charge in [-0.1, -0.05) is 43.9 Å². The minimum absolute atomic E-state index is 0.0511. The molecule has 0 spiro atoms. The first-order valence-electron chi connectivity index (χ1n) is 18.7. The normalized spacial score (nSPS) is 16.9. The lowest BCUT2D eigenvalue weighted by Gasteiger charge is -2.28. The summed E-state index contributed by atoms with van der Waals surface area (Å²) in [6.07, 6.45) is 1.96. The van der Waals surface area contributed by atoms with E-state index in [2.05, 4.69) is 50.4 Å². The van der Waals surface area contributed by atoms with Gasteiger partial charge < -0.3 is 33.9 Å². The summed E-state index contributed by atoms with van der Waals surface area (Å²) in [6, 6.07) is 18.3. The Morgan fingerprint density at radius 1 is 1.02 bits per heavy atom. The third-order valence-corrected chi connectivity index (χ3v) is 13.1. The van der Waals surface area contributed by atoms with Crippen LogP contribution in [0, 0.1) is 0 Å². The predicted molar refractivity (Wildman–Crippen MR) is 218 cm³/mol. The van der Waals surface area contributed by atoms with Crippen LogP contribution in [0.1, 0.15) is 32.8 Å². The van der Waals surface area contributed by atoms with Gasteiger partial charge in [0.1, 0.15) is 30.1 Å². The topological polar surface area (TPSA) is 131 Å². The maximum absolute atomic E-state index is 13.8. The summed E-state index contributed by atoms with van der Waals surface area (Å²) in [4.78, 5) is 26.1. The van der Waals surface area contributed by atoms with Crippen molar-refractivity contribution in [2.75, 3.05) is 67.2 Å². The molecule has 1 atom stereocenters. The minimum atomic E-state index is -3.72. The van der Waals surface area contributed by atoms with Crippen molar-refractivity contribution >= 4 is 52.4 Å². The Bertz CT molecular complexity index is 2020. The monoisotopic (exact) mass is 777 g/mol. The van der Waals surface area contributed by atoms with Crippen LogP contribution in [0.15, 0.2) is 60.9 Å². The van der Waals surface area contributed by atoms with E-state index in [9.17, 15) is 13.2 Å². The van der Waals surface area contributed by atoms with Gasteiger partial charge >= 0.3 is 6.09 Å². The maximum atomic E-state index is 13.8. The van der Waals surface area contributed by atoms with Crippen molar-refractivity contribution in [1.82, 2.24) is 19.9 Å². The summed E-state index contributed by atoms with van der Waals surface area (Å²) in [6.45, 7) is 17.7. The van der Waals surface area contributed by atoms with Crippen molar-refractivity contribution in [1.29, 1.82) is 0 Å². The Kier molecular flexibility index (Phi) is 11.9. The fourth-order valence-electron chi connectivity index (χ4n) is 6.72. The number of sulfonamides is 1. The number of nitrogens with zero attached hydrogens (tertiary/aromatic N) is 6. The van der Waals surface area contributed by atoms with Gasteiger partial charge in [0.05, 0.1) is 41.8 Å². The highest BCUT2D eigenvalue weighted by atomic mass is 32.2. The van der Waals surface area contributed by atoms with E-state index in [1.807, 2.05) is 69.3 Å². The SMILES string of the molecule is CN(c1ccc(-c2cc3c(N4CCOCC4)ncnc3n2COCC[Si](C)(C)C)cc1)S(=O)(=O)Cc1cccc(N2CC[C@H](NC(=O)OC(C)(C)C)C2)c1. The average Bonchev–Trinajstić information content (AvgIpc) is 3.73. The van der Waals surface area contributed by atoms with Crippen molar-refractivity contribution in [3.8, 4) is 11.3 Å². The summed E-state index contributed by atoms with van der Waals surface area (Å²) in [5.74, 6) is 0.720. The third kappa shape index (κ3) is 9.91. The maximum Gasteiger partial charge on any atom is 0.407 e. The molecule has 2 aromatic carbocycles. The molecule has 292 valence electrons. The van der Waals surface area contributed by atoms with Gasteiger partial charge in [0.2, 0.25) is 10.0 Å². The standard InChI is InChI=1S/C39H55N7O6SSi/c1-39(2,3)52-38(47)42-31-15-16-45(25-31)33-10-8-9-29(23-33)26-53(48,49)43(4)32-13-11-30(12-14-32)35-24-34-36(44-17-19-50-20-18-44)40-27-41-37(34)46(35)28-51-21-22-54(5,6)7/h8-14,23-24,27,31H,15-22,25-26,28H2,1-7H3,(H,42,47)/t31-/m0/s1. The summed E-state index contributed by atoms with van der Waals surface area (Å²) in [5, 5.41) is 3.90. The summed E-state index contributed by atoms with van der Waals surface area (Å²) in [7, 11) is -3.40. The van der Waals surface area contributed by atoms with Crippen LogP contribution in [-0.2, 0) is 36.7 Å². The lowest BCUT2D eigenvalue weighted by atomic mass is 10.1. The van der Waals surface area contributed by atoms with E-state index in [0.717, 1.165) is 65.9 Å². The Labute approximate surface area is 320 Å². The Balaban J connectivity index is 1.17. The second-order valence-electron chi connectivity index (χ2n) is 16.4. The van der Waals surface area contributed by atoms with E-state index in [1.54, 1.807) is 13.4 Å². The van der Waals surface area contributed by atoms with E-state index in [-0.39, 0.29) is 11.8 Å². The van der Waals surface area contributed by atoms with Gasteiger partial charge in [0, 0.05) is 53.6 Å². The van der Waals surface area contributed by atoms with Gasteiger partial charge in [-0.05, 0) is 74.7 Å². The quantitative estimate of drug-likeness (QED) is 0.122. The second-order valence-corrected chi connectivity index (χ2v) is 24.0. The van der Waals surface area contributed by atoms with Gasteiger partial charge in [0.15, 0.2) is 0 Å². The molecular formula is C39H55N7O6SSi. The molecule has 2 aromatic heterocycles. The first-order chi connectivity index (χ1) is 25.6. The Morgan fingerprint density at radius 3 is 2.46 bits per heavy atom. The Morgan fingerprint density at radius 2 is 1.76 bits per heavy atom. The number of hydrogen-bond donors (Lipinski definition) is 1. The van der Waals surface area contributed by atoms with E-state index >= 15 is 0 Å². The molecule has 1 amide bonds. The number of anilines is 3. The molecule has 54 heavy (non-hydrogen) atoms. The van der Waals surface area contributed by atoms with Gasteiger partial charge in [-0.2, -0.15) is 0 Å². The van der Waals surface area contributed by atoms with Gasteiger partial charge in [-0.15, -0.1) is 0 Å². The average molecular weight is 778 g/mol. The van der Waals surface area contributed by atoms with Crippen molar-refractivity contribution in [2.45, 2.75) is 77.0 Å². The zero-order valence-electron chi connectivity index (χ0n) is 32.7. The van der Waals surface area contributed by atoms with E-state index in [4.69, 9.17) is 19.2 Å². The molecule has 0 radical (unpaired) electrons. The van der Waals surface area contributed by atoms with E-state index in [1.165, 1.54) is 4.31 Å². The van der Waals surface area contributed by atoms with E-state index in [0.29, 0.717) is 44.3 Å². The second kappa shape index (κ2) is 16.3. The fourth-order valence-corrected chi connectivity index (χ4v) is 8.72. The number of carbonyl (C=O) groups excluding carboxylic acids is 1. The summed E-state index contributed by atoms with van der Waals surface area (Å²) < 4.78 is 48.2. The molecule has 0 aliphatic carbocycles. The summed E-state index contributed by atoms with van der Waals surface area (Å²) in [5.41, 5.74) is 4.25. The van der Waals surface area contributed by atoms with Crippen LogP contribution in [0.25, 0.3) is 22.3 Å². The molecular weight excluding hydrogens is 723 g/mol. The van der Waals surface area contributed by atoms with Crippen molar-refractivity contribution in [3.63, 3.8) is 0 Å². The highest BCUT2D eigenvalue weighted by Gasteiger charge is 2.28. The lowest BCUT2D eigenvalue weighted by molar-refractivity contribution is 0.0509. The van der Waals surface area contributed by atoms with Crippen LogP contribution < -0.4 is 19.4 Å². The van der Waals surface area contributed by atoms with Crippen LogP contribution in [0.2, 0.25) is 25.7 Å². The molecule has 4 aromatic rings. The molecule has 2 fully saturated rings. The minimum Gasteiger partial charge on any atom is -0.444 e. The number of amides is 1. The van der Waals surface area contributed by atoms with Crippen molar-refractivity contribution < 1.29 is 27.4 Å². The fraction of sp³-hybridized carbons (Fsp3) is 0.513. The number of benzene rings is 2. The highest BCUT2D eigenvalue weighted by molar-refractivity contribution is 7.92.